The van der Waals surface area contributed by atoms with Gasteiger partial charge in [0.05, 0.1) is 23.0 Å². The molecule has 0 atom stereocenters. The zero-order chi connectivity index (χ0) is 15.3. The number of methoxy groups -OCH3 is 1. The van der Waals surface area contributed by atoms with Crippen molar-refractivity contribution in [2.45, 2.75) is 13.8 Å². The highest BCUT2D eigenvalue weighted by Crippen LogP contribution is 2.32. The lowest BCUT2D eigenvalue weighted by Gasteiger charge is -2.02. The lowest BCUT2D eigenvalue weighted by atomic mass is 10.1. The highest BCUT2D eigenvalue weighted by molar-refractivity contribution is 7.23. The zero-order valence-electron chi connectivity index (χ0n) is 12.8. The summed E-state index contributed by atoms with van der Waals surface area (Å²) in [6, 6.07) is 12.4. The summed E-state index contributed by atoms with van der Waals surface area (Å²) < 4.78 is 8.71. The van der Waals surface area contributed by atoms with Crippen LogP contribution in [0.1, 0.15) is 11.1 Å². The molecule has 0 spiro atoms. The summed E-state index contributed by atoms with van der Waals surface area (Å²) >= 11 is 1.73. The Morgan fingerprint density at radius 3 is 2.55 bits per heavy atom. The Bertz CT molecular complexity index is 980. The Morgan fingerprint density at radius 1 is 1.05 bits per heavy atom. The van der Waals surface area contributed by atoms with Crippen LogP contribution in [-0.2, 0) is 0 Å². The summed E-state index contributed by atoms with van der Waals surface area (Å²) in [4.78, 5) is 5.82. The smallest absolute Gasteiger partial charge is 0.195 e. The van der Waals surface area contributed by atoms with Gasteiger partial charge in [0, 0.05) is 11.8 Å². The van der Waals surface area contributed by atoms with E-state index in [0.29, 0.717) is 0 Å². The van der Waals surface area contributed by atoms with Crippen LogP contribution in [-0.4, -0.2) is 16.5 Å². The minimum atomic E-state index is 0.863. The Morgan fingerprint density at radius 2 is 1.82 bits per heavy atom. The average molecular weight is 308 g/mol. The Labute approximate surface area is 132 Å². The SMILES string of the molecule is COc1ccc(-c2cn3c(n2)sc2ccc(C)c(C)c23)cc1. The molecule has 0 unspecified atom stereocenters. The maximum absolute atomic E-state index is 5.21. The monoisotopic (exact) mass is 308 g/mol. The first kappa shape index (κ1) is 13.3. The molecule has 0 aliphatic rings. The van der Waals surface area contributed by atoms with Crippen LogP contribution < -0.4 is 4.74 Å². The van der Waals surface area contributed by atoms with E-state index in [1.165, 1.54) is 21.3 Å². The van der Waals surface area contributed by atoms with Crippen LogP contribution in [0.4, 0.5) is 0 Å². The van der Waals surface area contributed by atoms with Gasteiger partial charge in [0.15, 0.2) is 4.96 Å². The number of nitrogens with zero attached hydrogens (tertiary/aromatic N) is 2. The summed E-state index contributed by atoms with van der Waals surface area (Å²) in [5.41, 5.74) is 6.01. The molecule has 3 nitrogen and oxygen atoms in total. The fourth-order valence-electron chi connectivity index (χ4n) is 2.75. The third-order valence-electron chi connectivity index (χ3n) is 4.17. The molecule has 0 bridgehead atoms. The van der Waals surface area contributed by atoms with Gasteiger partial charge in [-0.05, 0) is 55.3 Å². The van der Waals surface area contributed by atoms with E-state index in [2.05, 4.69) is 36.6 Å². The minimum Gasteiger partial charge on any atom is -0.497 e. The van der Waals surface area contributed by atoms with Gasteiger partial charge >= 0.3 is 0 Å². The quantitative estimate of drug-likeness (QED) is 0.529. The van der Waals surface area contributed by atoms with Crippen molar-refractivity contribution in [3.05, 3.63) is 53.7 Å². The molecule has 22 heavy (non-hydrogen) atoms. The van der Waals surface area contributed by atoms with Gasteiger partial charge in [-0.2, -0.15) is 0 Å². The lowest BCUT2D eigenvalue weighted by Crippen LogP contribution is -1.86. The molecular weight excluding hydrogens is 292 g/mol. The lowest BCUT2D eigenvalue weighted by molar-refractivity contribution is 0.415. The average Bonchev–Trinajstić information content (AvgIpc) is 3.08. The summed E-state index contributed by atoms with van der Waals surface area (Å²) in [5, 5.41) is 0. The fourth-order valence-corrected chi connectivity index (χ4v) is 3.82. The second kappa shape index (κ2) is 4.85. The first-order valence-electron chi connectivity index (χ1n) is 7.19. The summed E-state index contributed by atoms with van der Waals surface area (Å²) in [6.45, 7) is 4.33. The van der Waals surface area contributed by atoms with E-state index in [-0.39, 0.29) is 0 Å². The van der Waals surface area contributed by atoms with E-state index in [1.807, 2.05) is 24.3 Å². The van der Waals surface area contributed by atoms with Crippen molar-refractivity contribution < 1.29 is 4.74 Å². The molecule has 0 aliphatic heterocycles. The first-order valence-corrected chi connectivity index (χ1v) is 8.01. The highest BCUT2D eigenvalue weighted by atomic mass is 32.1. The van der Waals surface area contributed by atoms with Crippen molar-refractivity contribution in [3.8, 4) is 17.0 Å². The first-order chi connectivity index (χ1) is 10.7. The number of thiazole rings is 1. The van der Waals surface area contributed by atoms with Crippen LogP contribution in [0.25, 0.3) is 26.4 Å². The second-order valence-electron chi connectivity index (χ2n) is 5.46. The number of hydrogen-bond donors (Lipinski definition) is 0. The van der Waals surface area contributed by atoms with Crippen LogP contribution in [0.15, 0.2) is 42.6 Å². The second-order valence-corrected chi connectivity index (χ2v) is 6.47. The Kier molecular flexibility index (Phi) is 2.94. The molecule has 2 aromatic heterocycles. The maximum atomic E-state index is 5.21. The van der Waals surface area contributed by atoms with Crippen LogP contribution in [0.5, 0.6) is 5.75 Å². The van der Waals surface area contributed by atoms with Gasteiger partial charge in [0.25, 0.3) is 0 Å². The predicted molar refractivity (Wildman–Crippen MR) is 92.0 cm³/mol. The predicted octanol–water partition coefficient (Wildman–Crippen LogP) is 4.84. The fraction of sp³-hybridized carbons (Fsp3) is 0.167. The Balaban J connectivity index is 1.91. The zero-order valence-corrected chi connectivity index (χ0v) is 13.6. The number of fused-ring (bicyclic) bond motifs is 3. The van der Waals surface area contributed by atoms with Crippen LogP contribution >= 0.6 is 11.3 Å². The number of hydrogen-bond acceptors (Lipinski definition) is 3. The van der Waals surface area contributed by atoms with Gasteiger partial charge < -0.3 is 4.74 Å². The molecule has 0 N–H and O–H groups in total. The number of aromatic nitrogens is 2. The number of imidazole rings is 1. The van der Waals surface area contributed by atoms with Gasteiger partial charge in [0.1, 0.15) is 5.75 Å². The van der Waals surface area contributed by atoms with E-state index in [9.17, 15) is 0 Å². The molecular formula is C18H16N2OS. The summed E-state index contributed by atoms with van der Waals surface area (Å²) in [6.07, 6.45) is 2.13. The number of rotatable bonds is 2. The normalized spacial score (nSPS) is 11.4. The van der Waals surface area contributed by atoms with Crippen molar-refractivity contribution >= 4 is 26.5 Å². The molecule has 4 aromatic rings. The molecule has 0 fully saturated rings. The van der Waals surface area contributed by atoms with E-state index in [4.69, 9.17) is 9.72 Å². The van der Waals surface area contributed by atoms with Crippen molar-refractivity contribution in [1.82, 2.24) is 9.38 Å². The van der Waals surface area contributed by atoms with Gasteiger partial charge in [-0.3, -0.25) is 4.40 Å². The standard InChI is InChI=1S/C18H16N2OS/c1-11-4-9-16-17(12(11)2)20-10-15(19-18(20)22-16)13-5-7-14(21-3)8-6-13/h4-10H,1-3H3. The molecule has 2 aromatic carbocycles. The molecule has 0 amide bonds. The third-order valence-corrected chi connectivity index (χ3v) is 5.19. The van der Waals surface area contributed by atoms with Gasteiger partial charge in [0.2, 0.25) is 0 Å². The van der Waals surface area contributed by atoms with Crippen molar-refractivity contribution in [2.75, 3.05) is 7.11 Å². The maximum Gasteiger partial charge on any atom is 0.195 e. The van der Waals surface area contributed by atoms with E-state index < -0.39 is 0 Å². The van der Waals surface area contributed by atoms with E-state index in [0.717, 1.165) is 22.0 Å². The van der Waals surface area contributed by atoms with Gasteiger partial charge in [-0.25, -0.2) is 4.98 Å². The van der Waals surface area contributed by atoms with Crippen molar-refractivity contribution in [2.24, 2.45) is 0 Å². The number of aryl methyl sites for hydroxylation is 2. The topological polar surface area (TPSA) is 26.5 Å². The molecule has 110 valence electrons. The van der Waals surface area contributed by atoms with Crippen LogP contribution in [0, 0.1) is 13.8 Å². The van der Waals surface area contributed by atoms with Crippen LogP contribution in [0.2, 0.25) is 0 Å². The molecule has 4 heteroatoms. The summed E-state index contributed by atoms with van der Waals surface area (Å²) in [7, 11) is 1.68. The number of benzene rings is 2. The minimum absolute atomic E-state index is 0.863. The van der Waals surface area contributed by atoms with Gasteiger partial charge in [-0.15, -0.1) is 0 Å². The molecule has 2 heterocycles. The third kappa shape index (κ3) is 1.91. The molecule has 0 saturated carbocycles. The largest absolute Gasteiger partial charge is 0.497 e. The Hall–Kier alpha value is -2.33. The van der Waals surface area contributed by atoms with Crippen LogP contribution in [0.3, 0.4) is 0 Å². The molecule has 0 aliphatic carbocycles. The van der Waals surface area contributed by atoms with E-state index >= 15 is 0 Å². The number of ether oxygens (including phenoxy) is 1. The summed E-state index contributed by atoms with van der Waals surface area (Å²) in [5.74, 6) is 0.863. The highest BCUT2D eigenvalue weighted by Gasteiger charge is 2.12. The van der Waals surface area contributed by atoms with E-state index in [1.54, 1.807) is 18.4 Å². The van der Waals surface area contributed by atoms with Crippen molar-refractivity contribution in [1.29, 1.82) is 0 Å². The molecule has 0 saturated heterocycles. The van der Waals surface area contributed by atoms with Crippen molar-refractivity contribution in [3.63, 3.8) is 0 Å². The van der Waals surface area contributed by atoms with Gasteiger partial charge in [-0.1, -0.05) is 17.4 Å². The molecule has 0 radical (unpaired) electrons. The molecule has 4 rings (SSSR count).